The molecule has 0 aromatic heterocycles. The number of amidine groups is 1. The molecule has 0 unspecified atom stereocenters. The van der Waals surface area contributed by atoms with Crippen molar-refractivity contribution in [3.05, 3.63) is 125 Å². The minimum absolute atomic E-state index is 0.00305. The number of nitrogens with zero attached hydrogens (tertiary/aromatic N) is 4. The molecule has 2 aliphatic rings. The standard InChI is InChI=1S/C27H34N4O4S.C13H21N.C7H16N2O2.C7H6O.C7H16.C3H6O.CH4O/c1-3-10-30(11-4-2)27(33)23-12-22-9-8-21(14-25(22)29-26(28)15-23)20-6-5-7-24(13-20)36(34,35)31-16-19(17-31)18-32;1-3-10-14(11-4-2)12-13-8-6-5-7-9-13;1-7(2,3)11-6(10)9-5-4-8;8-6-7-4-2-1-3-5-7;1-3-5-7-6-4-2;1-2-3-4;1-2/h5-9,12-14,19,32H,3-4,10-11,15-18H2,1-2H3,(H2,28,29);5-9H,3-4,10-12H2,1-2H3;4-5,8H2,1-3H3,(H,9,10);1-6H;3-7H2,1-2H3;3H,2H2,1H3;2H,1H3. The van der Waals surface area contributed by atoms with Gasteiger partial charge in [-0.1, -0.05) is 165 Å². The summed E-state index contributed by atoms with van der Waals surface area (Å²) in [6.45, 7) is 26.8. The molecule has 458 valence electrons. The summed E-state index contributed by atoms with van der Waals surface area (Å²) in [5.74, 6) is 0.351. The second-order valence-corrected chi connectivity index (χ2v) is 22.5. The van der Waals surface area contributed by atoms with Crippen LogP contribution in [0.5, 0.6) is 0 Å². The van der Waals surface area contributed by atoms with Crippen LogP contribution in [-0.2, 0) is 30.9 Å². The van der Waals surface area contributed by atoms with E-state index in [1.807, 2.05) is 81.1 Å². The molecule has 0 spiro atoms. The largest absolute Gasteiger partial charge is 0.444 e. The van der Waals surface area contributed by atoms with Crippen LogP contribution >= 0.6 is 0 Å². The van der Waals surface area contributed by atoms with E-state index < -0.39 is 21.7 Å². The lowest BCUT2D eigenvalue weighted by atomic mass is 10.0. The second kappa shape index (κ2) is 45.4. The van der Waals surface area contributed by atoms with Gasteiger partial charge in [-0.2, -0.15) is 4.31 Å². The Balaban J connectivity index is 0.00000116. The third-order valence-electron chi connectivity index (χ3n) is 12.0. The molecule has 0 radical (unpaired) electrons. The number of aliphatic hydroxyl groups is 2. The van der Waals surface area contributed by atoms with Gasteiger partial charge in [0.2, 0.25) is 15.9 Å². The van der Waals surface area contributed by atoms with Gasteiger partial charge in [0.15, 0.2) is 0 Å². The van der Waals surface area contributed by atoms with Crippen LogP contribution in [0.1, 0.15) is 161 Å². The number of hydrogen-bond acceptors (Lipinski definition) is 13. The molecular formula is C65H103N7O9S. The van der Waals surface area contributed by atoms with Crippen LogP contribution < -0.4 is 16.8 Å². The molecule has 2 amide bonds. The maximum Gasteiger partial charge on any atom is 0.407 e. The predicted octanol–water partition coefficient (Wildman–Crippen LogP) is 11.8. The van der Waals surface area contributed by atoms with Gasteiger partial charge in [0.1, 0.15) is 24.0 Å². The number of nitrogens with one attached hydrogen (secondary N) is 1. The van der Waals surface area contributed by atoms with Gasteiger partial charge in [-0.25, -0.2) is 18.2 Å². The Kier molecular flexibility index (Phi) is 42.1. The van der Waals surface area contributed by atoms with Crippen LogP contribution in [0.3, 0.4) is 0 Å². The predicted molar refractivity (Wildman–Crippen MR) is 339 cm³/mol. The summed E-state index contributed by atoms with van der Waals surface area (Å²) in [6, 6.07) is 32.3. The van der Waals surface area contributed by atoms with Gasteiger partial charge in [-0.3, -0.25) is 14.5 Å². The van der Waals surface area contributed by atoms with E-state index in [1.54, 1.807) is 30.3 Å². The van der Waals surface area contributed by atoms with Crippen molar-refractivity contribution in [1.82, 2.24) is 19.4 Å². The normalized spacial score (nSPS) is 12.5. The topological polar surface area (TPSA) is 238 Å². The second-order valence-electron chi connectivity index (χ2n) is 20.6. The Labute approximate surface area is 493 Å². The summed E-state index contributed by atoms with van der Waals surface area (Å²) in [4.78, 5) is 52.4. The van der Waals surface area contributed by atoms with E-state index >= 15 is 0 Å². The van der Waals surface area contributed by atoms with E-state index in [-0.39, 0.29) is 29.7 Å². The quantitative estimate of drug-likeness (QED) is 0.0344. The van der Waals surface area contributed by atoms with Gasteiger partial charge in [-0.05, 0) is 101 Å². The van der Waals surface area contributed by atoms with Crippen LogP contribution in [0.25, 0.3) is 17.2 Å². The fourth-order valence-corrected chi connectivity index (χ4v) is 9.66. The molecule has 6 rings (SSSR count). The lowest BCUT2D eigenvalue weighted by molar-refractivity contribution is -0.127. The van der Waals surface area contributed by atoms with Crippen LogP contribution in [0.15, 0.2) is 119 Å². The van der Waals surface area contributed by atoms with Crippen molar-refractivity contribution in [3.63, 3.8) is 0 Å². The first-order chi connectivity index (χ1) is 39.3. The minimum Gasteiger partial charge on any atom is -0.444 e. The van der Waals surface area contributed by atoms with Crippen molar-refractivity contribution >= 4 is 52.2 Å². The van der Waals surface area contributed by atoms with Gasteiger partial charge >= 0.3 is 6.09 Å². The molecule has 2 heterocycles. The first kappa shape index (κ1) is 75.9. The molecule has 4 aromatic rings. The van der Waals surface area contributed by atoms with Crippen LogP contribution in [0.2, 0.25) is 0 Å². The van der Waals surface area contributed by atoms with E-state index in [4.69, 9.17) is 21.3 Å². The SMILES string of the molecule is CC(C)(C)OC(=O)NCCN.CCC=O.CCCCCCC.CCCN(CCC)C(=O)C1=Cc2ccc(-c3cccc(S(=O)(=O)N4CC(CO)C4)c3)cc2N=C(N)C1.CCCN(CCC)Cc1ccccc1.CO.O=Cc1ccccc1. The molecule has 1 saturated heterocycles. The molecule has 0 saturated carbocycles. The van der Waals surface area contributed by atoms with Gasteiger partial charge in [0.05, 0.1) is 10.6 Å². The van der Waals surface area contributed by atoms with E-state index in [9.17, 15) is 32.7 Å². The Morgan fingerprint density at radius 3 is 1.78 bits per heavy atom. The number of alkyl carbamates (subject to hydrolysis) is 1. The number of nitrogens with two attached hydrogens (primary N) is 2. The van der Waals surface area contributed by atoms with Gasteiger partial charge < -0.3 is 41.4 Å². The summed E-state index contributed by atoms with van der Waals surface area (Å²) in [6.07, 6.45) is 15.3. The highest BCUT2D eigenvalue weighted by Gasteiger charge is 2.36. The number of aliphatic hydroxyl groups excluding tert-OH is 2. The number of carbonyl (C=O) groups excluding carboxylic acids is 4. The number of benzene rings is 4. The molecular weight excluding hydrogens is 1050 g/mol. The summed E-state index contributed by atoms with van der Waals surface area (Å²) in [5.41, 5.74) is 16.7. The van der Waals surface area contributed by atoms with E-state index in [0.717, 1.165) is 61.3 Å². The number of ether oxygens (including phenoxy) is 1. The molecule has 2 aliphatic heterocycles. The third kappa shape index (κ3) is 31.9. The lowest BCUT2D eigenvalue weighted by Crippen LogP contribution is -2.51. The van der Waals surface area contributed by atoms with Crippen molar-refractivity contribution in [2.45, 2.75) is 157 Å². The average molecular weight is 1160 g/mol. The molecule has 0 atom stereocenters. The Morgan fingerprint density at radius 1 is 0.756 bits per heavy atom. The van der Waals surface area contributed by atoms with Crippen molar-refractivity contribution in [2.24, 2.45) is 22.4 Å². The maximum absolute atomic E-state index is 13.2. The smallest absolute Gasteiger partial charge is 0.407 e. The van der Waals surface area contributed by atoms with Gasteiger partial charge in [-0.15, -0.1) is 0 Å². The average Bonchev–Trinajstić information content (AvgIpc) is 3.70. The zero-order chi connectivity index (χ0) is 61.8. The molecule has 17 heteroatoms. The number of carbonyl (C=O) groups is 4. The Morgan fingerprint density at radius 2 is 1.30 bits per heavy atom. The number of unbranched alkanes of at least 4 members (excludes halogenated alkanes) is 4. The van der Waals surface area contributed by atoms with Crippen molar-refractivity contribution in [1.29, 1.82) is 0 Å². The molecule has 7 N–H and O–H groups in total. The number of sulfonamides is 1. The highest BCUT2D eigenvalue weighted by Crippen LogP contribution is 2.34. The van der Waals surface area contributed by atoms with Crippen molar-refractivity contribution < 1.29 is 42.5 Å². The van der Waals surface area contributed by atoms with Crippen molar-refractivity contribution in [2.75, 3.05) is 66.1 Å². The summed E-state index contributed by atoms with van der Waals surface area (Å²) in [7, 11) is -2.62. The highest BCUT2D eigenvalue weighted by atomic mass is 32.2. The van der Waals surface area contributed by atoms with Gasteiger partial charge in [0, 0.05) is 95.0 Å². The minimum atomic E-state index is -3.62. The first-order valence-electron chi connectivity index (χ1n) is 29.3. The molecule has 16 nitrogen and oxygen atoms in total. The Hall–Kier alpha value is -6.08. The first-order valence-corrected chi connectivity index (χ1v) is 30.8. The number of aliphatic imine (C=N–C) groups is 1. The number of hydrogen-bond donors (Lipinski definition) is 5. The van der Waals surface area contributed by atoms with E-state index in [0.29, 0.717) is 62.8 Å². The van der Waals surface area contributed by atoms with E-state index in [1.165, 1.54) is 67.9 Å². The third-order valence-corrected chi connectivity index (χ3v) is 13.8. The number of aldehydes is 2. The number of rotatable bonds is 23. The fourth-order valence-electron chi connectivity index (χ4n) is 8.03. The molecule has 0 bridgehead atoms. The fraction of sp³-hybridized carbons (Fsp3) is 0.523. The zero-order valence-corrected chi connectivity index (χ0v) is 52.4. The van der Waals surface area contributed by atoms with Crippen molar-refractivity contribution in [3.8, 4) is 11.1 Å². The van der Waals surface area contributed by atoms with Gasteiger partial charge in [0.25, 0.3) is 0 Å². The lowest BCUT2D eigenvalue weighted by Gasteiger charge is -2.36. The summed E-state index contributed by atoms with van der Waals surface area (Å²) < 4.78 is 32.3. The monoisotopic (exact) mass is 1160 g/mol. The maximum atomic E-state index is 13.2. The molecule has 1 fully saturated rings. The molecule has 82 heavy (non-hydrogen) atoms. The zero-order valence-electron chi connectivity index (χ0n) is 51.6. The molecule has 4 aromatic carbocycles. The van der Waals surface area contributed by atoms with E-state index in [2.05, 4.69) is 87.1 Å². The number of fused-ring (bicyclic) bond motifs is 1. The highest BCUT2D eigenvalue weighted by molar-refractivity contribution is 7.89. The summed E-state index contributed by atoms with van der Waals surface area (Å²) >= 11 is 0. The molecule has 0 aliphatic carbocycles. The number of amides is 2. The van der Waals surface area contributed by atoms with Crippen LogP contribution in [0.4, 0.5) is 10.5 Å². The summed E-state index contributed by atoms with van der Waals surface area (Å²) in [5, 5.41) is 18.7. The van der Waals surface area contributed by atoms with Crippen LogP contribution in [0, 0.1) is 5.92 Å². The van der Waals surface area contributed by atoms with Crippen LogP contribution in [-0.4, -0.2) is 135 Å². The Bertz CT molecular complexity index is 2500.